The second-order valence-corrected chi connectivity index (χ2v) is 5.41. The van der Waals surface area contributed by atoms with E-state index in [4.69, 9.17) is 5.11 Å². The van der Waals surface area contributed by atoms with Gasteiger partial charge < -0.3 is 10.4 Å². The summed E-state index contributed by atoms with van der Waals surface area (Å²) < 4.78 is 36.7. The molecule has 21 heavy (non-hydrogen) atoms. The molecule has 0 bridgehead atoms. The quantitative estimate of drug-likeness (QED) is 0.669. The van der Waals surface area contributed by atoms with Crippen LogP contribution in [-0.2, 0) is 9.59 Å². The average molecular weight is 310 g/mol. The van der Waals surface area contributed by atoms with Crippen LogP contribution in [0.15, 0.2) is 0 Å². The Morgan fingerprint density at radius 2 is 1.90 bits per heavy atom. The lowest BCUT2D eigenvalue weighted by Gasteiger charge is -2.18. The zero-order valence-electron chi connectivity index (χ0n) is 11.8. The third-order valence-electron chi connectivity index (χ3n) is 3.41. The van der Waals surface area contributed by atoms with Crippen LogP contribution in [0.1, 0.15) is 32.1 Å². The Labute approximate surface area is 121 Å². The Hall–Kier alpha value is -1.31. The van der Waals surface area contributed by atoms with Crippen LogP contribution in [0.2, 0.25) is 0 Å². The van der Waals surface area contributed by atoms with Gasteiger partial charge in [0.2, 0.25) is 5.91 Å². The molecule has 5 nitrogen and oxygen atoms in total. The Balaban J connectivity index is 2.10. The van der Waals surface area contributed by atoms with Crippen LogP contribution in [0, 0.1) is 5.92 Å². The molecule has 0 radical (unpaired) electrons. The first-order valence-electron chi connectivity index (χ1n) is 7.04. The van der Waals surface area contributed by atoms with Crippen molar-refractivity contribution in [2.24, 2.45) is 5.92 Å². The summed E-state index contributed by atoms with van der Waals surface area (Å²) in [6.45, 7) is 0.232. The number of carboxylic acid groups (broad SMARTS) is 1. The molecule has 0 aliphatic carbocycles. The number of rotatable bonds is 8. The van der Waals surface area contributed by atoms with Crippen LogP contribution in [0.25, 0.3) is 0 Å². The topological polar surface area (TPSA) is 69.6 Å². The summed E-state index contributed by atoms with van der Waals surface area (Å²) in [6, 6.07) is 0. The fourth-order valence-corrected chi connectivity index (χ4v) is 2.38. The predicted molar refractivity (Wildman–Crippen MR) is 69.7 cm³/mol. The fraction of sp³-hybridized carbons (Fsp3) is 0.846. The van der Waals surface area contributed by atoms with Gasteiger partial charge in [-0.1, -0.05) is 0 Å². The van der Waals surface area contributed by atoms with E-state index in [0.29, 0.717) is 38.9 Å². The second-order valence-electron chi connectivity index (χ2n) is 5.41. The molecule has 0 spiro atoms. The lowest BCUT2D eigenvalue weighted by atomic mass is 10.1. The first kappa shape index (κ1) is 17.7. The zero-order chi connectivity index (χ0) is 15.9. The number of unbranched alkanes of at least 4 members (excludes halogenated alkanes) is 1. The number of aliphatic carboxylic acids is 1. The van der Waals surface area contributed by atoms with Gasteiger partial charge in [0.1, 0.15) is 0 Å². The standard InChI is InChI=1S/C13H21F3N2O3/c14-13(15,16)9-18-6-5-10(8-18)7-17-11(19)3-1-2-4-12(20)21/h10H,1-9H2,(H,17,19)(H,20,21). The molecule has 0 aromatic carbocycles. The predicted octanol–water partition coefficient (Wildman–Crippen LogP) is 1.63. The van der Waals surface area contributed by atoms with Crippen LogP contribution in [0.3, 0.4) is 0 Å². The summed E-state index contributed by atoms with van der Waals surface area (Å²) in [4.78, 5) is 23.1. The molecule has 1 amide bonds. The highest BCUT2D eigenvalue weighted by atomic mass is 19.4. The fourth-order valence-electron chi connectivity index (χ4n) is 2.38. The van der Waals surface area contributed by atoms with E-state index in [2.05, 4.69) is 5.32 Å². The van der Waals surface area contributed by atoms with Crippen molar-refractivity contribution in [3.05, 3.63) is 0 Å². The molecular formula is C13H21F3N2O3. The second kappa shape index (κ2) is 8.21. The van der Waals surface area contributed by atoms with Crippen LogP contribution in [0.5, 0.6) is 0 Å². The van der Waals surface area contributed by atoms with Crippen LogP contribution in [-0.4, -0.2) is 54.2 Å². The summed E-state index contributed by atoms with van der Waals surface area (Å²) in [7, 11) is 0. The van der Waals surface area contributed by atoms with Gasteiger partial charge in [0, 0.05) is 25.9 Å². The Morgan fingerprint density at radius 1 is 1.24 bits per heavy atom. The van der Waals surface area contributed by atoms with Crippen molar-refractivity contribution in [1.29, 1.82) is 0 Å². The molecule has 0 aromatic rings. The zero-order valence-corrected chi connectivity index (χ0v) is 11.8. The third-order valence-corrected chi connectivity index (χ3v) is 3.41. The molecule has 1 fully saturated rings. The highest BCUT2D eigenvalue weighted by Gasteiger charge is 2.34. The van der Waals surface area contributed by atoms with Crippen molar-refractivity contribution < 1.29 is 27.9 Å². The van der Waals surface area contributed by atoms with Crippen LogP contribution >= 0.6 is 0 Å². The number of nitrogens with one attached hydrogen (secondary N) is 1. The highest BCUT2D eigenvalue weighted by molar-refractivity contribution is 5.75. The summed E-state index contributed by atoms with van der Waals surface area (Å²) in [5.74, 6) is -1.00. The van der Waals surface area contributed by atoms with Crippen LogP contribution < -0.4 is 5.32 Å². The number of carbonyl (C=O) groups is 2. The Bertz CT molecular complexity index is 361. The van der Waals surface area contributed by atoms with E-state index in [1.54, 1.807) is 0 Å². The number of likely N-dealkylation sites (tertiary alicyclic amines) is 1. The van der Waals surface area contributed by atoms with Gasteiger partial charge in [0.25, 0.3) is 0 Å². The Morgan fingerprint density at radius 3 is 2.52 bits per heavy atom. The molecule has 1 saturated heterocycles. The molecule has 0 aromatic heterocycles. The van der Waals surface area contributed by atoms with Gasteiger partial charge in [-0.05, 0) is 31.7 Å². The smallest absolute Gasteiger partial charge is 0.401 e. The number of amides is 1. The average Bonchev–Trinajstić information content (AvgIpc) is 2.77. The summed E-state index contributed by atoms with van der Waals surface area (Å²) in [5, 5.41) is 11.1. The SMILES string of the molecule is O=C(O)CCCCC(=O)NCC1CCN(CC(F)(F)F)C1. The molecule has 1 rings (SSSR count). The summed E-state index contributed by atoms with van der Waals surface area (Å²) in [5.41, 5.74) is 0. The third kappa shape index (κ3) is 8.54. The van der Waals surface area contributed by atoms with Crippen molar-refractivity contribution in [3.63, 3.8) is 0 Å². The molecular weight excluding hydrogens is 289 g/mol. The first-order chi connectivity index (χ1) is 9.76. The van der Waals surface area contributed by atoms with E-state index < -0.39 is 18.7 Å². The molecule has 1 unspecified atom stereocenters. The normalized spacial score (nSPS) is 19.7. The number of carbonyl (C=O) groups excluding carboxylic acids is 1. The van der Waals surface area contributed by atoms with E-state index >= 15 is 0 Å². The summed E-state index contributed by atoms with van der Waals surface area (Å²) >= 11 is 0. The first-order valence-corrected chi connectivity index (χ1v) is 7.04. The minimum absolute atomic E-state index is 0.0440. The van der Waals surface area contributed by atoms with Gasteiger partial charge >= 0.3 is 12.1 Å². The maximum Gasteiger partial charge on any atom is 0.401 e. The van der Waals surface area contributed by atoms with Gasteiger partial charge in [-0.25, -0.2) is 0 Å². The number of hydrogen-bond acceptors (Lipinski definition) is 3. The van der Waals surface area contributed by atoms with E-state index in [9.17, 15) is 22.8 Å². The molecule has 2 N–H and O–H groups in total. The van der Waals surface area contributed by atoms with Crippen molar-refractivity contribution in [1.82, 2.24) is 10.2 Å². The van der Waals surface area contributed by atoms with Crippen molar-refractivity contribution in [2.75, 3.05) is 26.2 Å². The van der Waals surface area contributed by atoms with Gasteiger partial charge in [0.15, 0.2) is 0 Å². The Kier molecular flexibility index (Phi) is 6.94. The van der Waals surface area contributed by atoms with Crippen molar-refractivity contribution >= 4 is 11.9 Å². The molecule has 8 heteroatoms. The van der Waals surface area contributed by atoms with Crippen molar-refractivity contribution in [2.45, 2.75) is 38.3 Å². The van der Waals surface area contributed by atoms with E-state index in [1.165, 1.54) is 4.90 Å². The molecule has 122 valence electrons. The van der Waals surface area contributed by atoms with E-state index in [0.717, 1.165) is 0 Å². The molecule has 1 aliphatic rings. The monoisotopic (exact) mass is 310 g/mol. The molecule has 1 atom stereocenters. The lowest BCUT2D eigenvalue weighted by Crippen LogP contribution is -2.34. The molecule has 1 aliphatic heterocycles. The van der Waals surface area contributed by atoms with Gasteiger partial charge in [0.05, 0.1) is 6.54 Å². The summed E-state index contributed by atoms with van der Waals surface area (Å²) in [6.07, 6.45) is -2.28. The van der Waals surface area contributed by atoms with Gasteiger partial charge in [-0.15, -0.1) is 0 Å². The van der Waals surface area contributed by atoms with E-state index in [1.807, 2.05) is 0 Å². The minimum Gasteiger partial charge on any atom is -0.481 e. The number of halogens is 3. The molecule has 0 saturated carbocycles. The minimum atomic E-state index is -4.18. The molecule has 1 heterocycles. The lowest BCUT2D eigenvalue weighted by molar-refractivity contribution is -0.144. The van der Waals surface area contributed by atoms with Crippen molar-refractivity contribution in [3.8, 4) is 0 Å². The largest absolute Gasteiger partial charge is 0.481 e. The highest BCUT2D eigenvalue weighted by Crippen LogP contribution is 2.22. The van der Waals surface area contributed by atoms with Gasteiger partial charge in [-0.2, -0.15) is 13.2 Å². The van der Waals surface area contributed by atoms with Gasteiger partial charge in [-0.3, -0.25) is 14.5 Å². The maximum absolute atomic E-state index is 12.2. The van der Waals surface area contributed by atoms with Crippen LogP contribution in [0.4, 0.5) is 13.2 Å². The number of carboxylic acids is 1. The number of nitrogens with zero attached hydrogens (tertiary/aromatic N) is 1. The van der Waals surface area contributed by atoms with E-state index in [-0.39, 0.29) is 24.7 Å². The number of alkyl halides is 3. The number of hydrogen-bond donors (Lipinski definition) is 2. The maximum atomic E-state index is 12.2.